The Morgan fingerprint density at radius 3 is 1.42 bits per heavy atom. The number of fused-ring (bicyclic) bond motifs is 2. The normalized spacial score (nSPS) is 10.7. The molecule has 0 fully saturated rings. The lowest BCUT2D eigenvalue weighted by atomic mass is 9.80. The van der Waals surface area contributed by atoms with Crippen molar-refractivity contribution in [2.24, 2.45) is 0 Å². The van der Waals surface area contributed by atoms with Crippen LogP contribution in [0.25, 0.3) is 22.1 Å². The minimum absolute atomic E-state index is 0.323. The van der Waals surface area contributed by atoms with E-state index >= 15 is 0 Å². The molecule has 4 N–H and O–H groups in total. The summed E-state index contributed by atoms with van der Waals surface area (Å²) in [5, 5.41) is 36.6. The van der Waals surface area contributed by atoms with Gasteiger partial charge in [-0.25, -0.2) is 19.6 Å². The monoisotopic (exact) mass is 680 g/mol. The fourth-order valence-electron chi connectivity index (χ4n) is 5.28. The van der Waals surface area contributed by atoms with E-state index in [0.717, 1.165) is 22.2 Å². The van der Waals surface area contributed by atoms with Gasteiger partial charge in [-0.05, 0) is 34.2 Å². The predicted molar refractivity (Wildman–Crippen MR) is 186 cm³/mol. The molecule has 6 aromatic rings. The van der Waals surface area contributed by atoms with Gasteiger partial charge in [-0.15, -0.1) is 0 Å². The molecule has 0 amide bonds. The lowest BCUT2D eigenvalue weighted by Crippen LogP contribution is -2.29. The average Bonchev–Trinajstić information content (AvgIpc) is 3.72. The minimum atomic E-state index is -1.49. The van der Waals surface area contributed by atoms with Crippen molar-refractivity contribution in [2.75, 3.05) is 28.4 Å². The van der Waals surface area contributed by atoms with Crippen LogP contribution < -0.4 is 20.4 Å². The number of benzene rings is 4. The van der Waals surface area contributed by atoms with Crippen LogP contribution in [0.15, 0.2) is 85.5 Å². The number of methoxy groups -OCH3 is 4. The van der Waals surface area contributed by atoms with Crippen LogP contribution in [0, 0.1) is 0 Å². The van der Waals surface area contributed by atoms with Gasteiger partial charge in [-0.1, -0.05) is 48.5 Å². The number of carbonyl (C=O) groups is 2. The van der Waals surface area contributed by atoms with E-state index in [1.54, 1.807) is 61.2 Å². The molecule has 2 aromatic heterocycles. The smallest absolute Gasteiger partial charge is 0.488 e. The third-order valence-electron chi connectivity index (χ3n) is 7.96. The van der Waals surface area contributed by atoms with Gasteiger partial charge in [-0.2, -0.15) is 0 Å². The van der Waals surface area contributed by atoms with Crippen LogP contribution in [0.1, 0.15) is 31.8 Å². The van der Waals surface area contributed by atoms with Gasteiger partial charge in [0.05, 0.1) is 63.2 Å². The third-order valence-corrected chi connectivity index (χ3v) is 7.96. The molecule has 0 aliphatic rings. The number of rotatable bonds is 10. The van der Waals surface area contributed by atoms with Crippen molar-refractivity contribution < 1.29 is 48.6 Å². The van der Waals surface area contributed by atoms with Gasteiger partial charge < -0.3 is 48.2 Å². The molecule has 0 saturated carbocycles. The fourth-order valence-corrected chi connectivity index (χ4v) is 5.28. The summed E-state index contributed by atoms with van der Waals surface area (Å²) in [4.78, 5) is 32.5. The van der Waals surface area contributed by atoms with E-state index in [1.165, 1.54) is 28.4 Å². The number of ether oxygens (including phenoxy) is 4. The zero-order valence-electron chi connectivity index (χ0n) is 27.7. The number of aromatic nitrogens is 4. The summed E-state index contributed by atoms with van der Waals surface area (Å²) in [5.74, 6) is -0.134. The highest BCUT2D eigenvalue weighted by molar-refractivity contribution is 6.58. The van der Waals surface area contributed by atoms with Crippen molar-refractivity contribution in [3.8, 4) is 11.5 Å². The number of hydrogen-bond donors (Lipinski definition) is 4. The van der Waals surface area contributed by atoms with Gasteiger partial charge in [0.15, 0.2) is 0 Å². The standard InChI is InChI=1S/2C17H17BN2O5/c1-24-16-8-14-15(7-13(16)17(21)25-2)20(10-19-14)9-11-3-5-12(6-4-11)18(22)23;1-24-16-8-15-14(7-13(16)17(21)25-2)19-10-20(15)9-11-3-5-12(6-4-11)18(22)23/h2*3-8,10,22-23H,9H2,1-2H3. The molecule has 0 spiro atoms. The second kappa shape index (κ2) is 15.7. The molecular formula is C34H34B2N4O10. The fraction of sp³-hybridized carbons (Fsp3) is 0.176. The lowest BCUT2D eigenvalue weighted by molar-refractivity contribution is 0.0588. The summed E-state index contributed by atoms with van der Waals surface area (Å²) in [5.41, 5.74) is 6.39. The quantitative estimate of drug-likeness (QED) is 0.120. The Hall–Kier alpha value is -5.67. The van der Waals surface area contributed by atoms with Crippen LogP contribution in [-0.4, -0.2) is 93.8 Å². The second-order valence-electron chi connectivity index (χ2n) is 11.0. The Morgan fingerprint density at radius 1 is 0.600 bits per heavy atom. The third kappa shape index (κ3) is 7.79. The zero-order valence-corrected chi connectivity index (χ0v) is 27.7. The highest BCUT2D eigenvalue weighted by Gasteiger charge is 2.18. The molecule has 2 heterocycles. The Morgan fingerprint density at radius 2 is 1.00 bits per heavy atom. The molecule has 0 aliphatic carbocycles. The molecule has 0 saturated heterocycles. The number of imidazole rings is 2. The summed E-state index contributed by atoms with van der Waals surface area (Å²) >= 11 is 0. The van der Waals surface area contributed by atoms with Crippen LogP contribution in [0.2, 0.25) is 0 Å². The Bertz CT molecular complexity index is 2110. The van der Waals surface area contributed by atoms with E-state index in [1.807, 2.05) is 33.4 Å². The second-order valence-corrected chi connectivity index (χ2v) is 11.0. The van der Waals surface area contributed by atoms with Gasteiger partial charge in [0.2, 0.25) is 0 Å². The Balaban J connectivity index is 0.000000194. The number of hydrogen-bond acceptors (Lipinski definition) is 12. The zero-order chi connectivity index (χ0) is 35.9. The summed E-state index contributed by atoms with van der Waals surface area (Å²) in [6.07, 6.45) is 3.36. The Labute approximate surface area is 287 Å². The lowest BCUT2D eigenvalue weighted by Gasteiger charge is -2.09. The summed E-state index contributed by atoms with van der Waals surface area (Å²) in [6.45, 7) is 1.06. The van der Waals surface area contributed by atoms with Gasteiger partial charge >= 0.3 is 26.2 Å². The molecule has 0 bridgehead atoms. The number of nitrogens with zero attached hydrogens (tertiary/aromatic N) is 4. The topological polar surface area (TPSA) is 188 Å². The first-order valence-corrected chi connectivity index (χ1v) is 15.2. The van der Waals surface area contributed by atoms with Crippen molar-refractivity contribution >= 4 is 59.2 Å². The van der Waals surface area contributed by atoms with Crippen LogP contribution in [0.3, 0.4) is 0 Å². The van der Waals surface area contributed by atoms with E-state index in [0.29, 0.717) is 57.7 Å². The minimum Gasteiger partial charge on any atom is -0.496 e. The van der Waals surface area contributed by atoms with Crippen LogP contribution >= 0.6 is 0 Å². The van der Waals surface area contributed by atoms with Gasteiger partial charge in [0.1, 0.15) is 22.6 Å². The molecule has 50 heavy (non-hydrogen) atoms. The predicted octanol–water partition coefficient (Wildman–Crippen LogP) is 1.12. The highest BCUT2D eigenvalue weighted by atomic mass is 16.5. The Kier molecular flexibility index (Phi) is 11.2. The molecule has 256 valence electrons. The molecule has 0 atom stereocenters. The molecule has 6 rings (SSSR count). The molecule has 0 aliphatic heterocycles. The van der Waals surface area contributed by atoms with E-state index in [9.17, 15) is 9.59 Å². The van der Waals surface area contributed by atoms with Crippen LogP contribution in [0.4, 0.5) is 0 Å². The van der Waals surface area contributed by atoms with E-state index in [-0.39, 0.29) is 0 Å². The maximum atomic E-state index is 12.0. The average molecular weight is 680 g/mol. The first kappa shape index (κ1) is 35.6. The van der Waals surface area contributed by atoms with E-state index in [4.69, 9.17) is 39.0 Å². The van der Waals surface area contributed by atoms with Gasteiger partial charge in [0, 0.05) is 25.2 Å². The van der Waals surface area contributed by atoms with Gasteiger partial charge in [0.25, 0.3) is 0 Å². The molecular weight excluding hydrogens is 646 g/mol. The van der Waals surface area contributed by atoms with Crippen molar-refractivity contribution in [3.05, 3.63) is 108 Å². The molecule has 0 radical (unpaired) electrons. The van der Waals surface area contributed by atoms with Gasteiger partial charge in [-0.3, -0.25) is 0 Å². The van der Waals surface area contributed by atoms with Crippen LogP contribution in [0.5, 0.6) is 11.5 Å². The maximum Gasteiger partial charge on any atom is 0.488 e. The van der Waals surface area contributed by atoms with Crippen molar-refractivity contribution in [3.63, 3.8) is 0 Å². The maximum absolute atomic E-state index is 12.0. The van der Waals surface area contributed by atoms with Crippen molar-refractivity contribution in [1.82, 2.24) is 19.1 Å². The largest absolute Gasteiger partial charge is 0.496 e. The summed E-state index contributed by atoms with van der Waals surface area (Å²) < 4.78 is 23.9. The number of carbonyl (C=O) groups excluding carboxylic acids is 2. The molecule has 4 aromatic carbocycles. The van der Waals surface area contributed by atoms with Crippen LogP contribution in [-0.2, 0) is 22.6 Å². The molecule has 16 heteroatoms. The summed E-state index contributed by atoms with van der Waals surface area (Å²) in [6, 6.07) is 20.7. The highest BCUT2D eigenvalue weighted by Crippen LogP contribution is 2.28. The van der Waals surface area contributed by atoms with E-state index in [2.05, 4.69) is 9.97 Å². The van der Waals surface area contributed by atoms with Crippen molar-refractivity contribution in [1.29, 1.82) is 0 Å². The van der Waals surface area contributed by atoms with E-state index < -0.39 is 26.2 Å². The van der Waals surface area contributed by atoms with Crippen molar-refractivity contribution in [2.45, 2.75) is 13.1 Å². The first-order valence-electron chi connectivity index (χ1n) is 15.2. The summed E-state index contributed by atoms with van der Waals surface area (Å²) in [7, 11) is 2.65. The SMILES string of the molecule is COC(=O)c1cc2c(cc1OC)ncn2Cc1ccc(B(O)O)cc1.COC(=O)c1cc2ncn(Cc3ccc(B(O)O)cc3)c2cc1OC. The first-order chi connectivity index (χ1) is 24.1. The number of esters is 2. The molecule has 0 unspecified atom stereocenters. The molecule has 14 nitrogen and oxygen atoms in total.